The van der Waals surface area contributed by atoms with E-state index in [9.17, 15) is 14.4 Å². The number of methoxy groups -OCH3 is 1. The number of ether oxygens (including phenoxy) is 3. The number of benzene rings is 1. The van der Waals surface area contributed by atoms with Crippen molar-refractivity contribution in [3.05, 3.63) is 34.0 Å². The van der Waals surface area contributed by atoms with Crippen LogP contribution in [0.3, 0.4) is 0 Å². The highest BCUT2D eigenvalue weighted by Gasteiger charge is 2.35. The van der Waals surface area contributed by atoms with Gasteiger partial charge < -0.3 is 30.6 Å². The minimum absolute atomic E-state index is 0.180. The first kappa shape index (κ1) is 22.4. The Morgan fingerprint density at radius 3 is 2.55 bits per heavy atom. The van der Waals surface area contributed by atoms with Crippen LogP contribution in [0, 0.1) is 0 Å². The van der Waals surface area contributed by atoms with E-state index in [1.165, 1.54) is 19.2 Å². The second kappa shape index (κ2) is 10.0. The number of hydrogen-bond donors (Lipinski definition) is 3. The van der Waals surface area contributed by atoms with Gasteiger partial charge in [0.1, 0.15) is 0 Å². The lowest BCUT2D eigenvalue weighted by Crippen LogP contribution is -2.46. The molecule has 0 bridgehead atoms. The lowest BCUT2D eigenvalue weighted by molar-refractivity contribution is -0.139. The molecular weight excluding hydrogens is 402 g/mol. The number of carbonyl (C=O) groups excluding carboxylic acids is 3. The predicted octanol–water partition coefficient (Wildman–Crippen LogP) is 2.18. The molecule has 0 unspecified atom stereocenters. The molecule has 1 aromatic carbocycles. The maximum absolute atomic E-state index is 12.7. The van der Waals surface area contributed by atoms with Crippen molar-refractivity contribution in [2.24, 2.45) is 5.73 Å². The Bertz CT molecular complexity index is 839. The highest BCUT2D eigenvalue weighted by atomic mass is 35.5. The smallest absolute Gasteiger partial charge is 0.338 e. The Morgan fingerprint density at radius 2 is 1.97 bits per heavy atom. The molecule has 1 aliphatic rings. The zero-order valence-electron chi connectivity index (χ0n) is 16.5. The first-order chi connectivity index (χ1) is 13.8. The van der Waals surface area contributed by atoms with Crippen LogP contribution in [-0.4, -0.2) is 38.2 Å². The number of nitrogens with two attached hydrogens (primary N) is 1. The van der Waals surface area contributed by atoms with Crippen molar-refractivity contribution in [2.45, 2.75) is 32.7 Å². The van der Waals surface area contributed by atoms with Gasteiger partial charge in [0.15, 0.2) is 18.1 Å². The fraction of sp³-hybridized carbons (Fsp3) is 0.421. The van der Waals surface area contributed by atoms with Crippen LogP contribution in [0.1, 0.15) is 38.3 Å². The van der Waals surface area contributed by atoms with Crippen molar-refractivity contribution < 1.29 is 28.6 Å². The summed E-state index contributed by atoms with van der Waals surface area (Å²) in [6.07, 6.45) is 1.19. The number of halogens is 1. The van der Waals surface area contributed by atoms with Crippen molar-refractivity contribution >= 4 is 29.5 Å². The Labute approximate surface area is 173 Å². The van der Waals surface area contributed by atoms with E-state index in [4.69, 9.17) is 31.5 Å². The van der Waals surface area contributed by atoms with Crippen molar-refractivity contribution in [1.29, 1.82) is 0 Å². The molecule has 0 saturated heterocycles. The van der Waals surface area contributed by atoms with Gasteiger partial charge in [-0.2, -0.15) is 0 Å². The van der Waals surface area contributed by atoms with Crippen LogP contribution in [-0.2, 0) is 14.3 Å². The van der Waals surface area contributed by atoms with Gasteiger partial charge in [-0.15, -0.1) is 0 Å². The second-order valence-corrected chi connectivity index (χ2v) is 6.58. The van der Waals surface area contributed by atoms with Gasteiger partial charge in [0, 0.05) is 17.3 Å². The van der Waals surface area contributed by atoms with Gasteiger partial charge in [-0.25, -0.2) is 9.59 Å². The fourth-order valence-corrected chi connectivity index (χ4v) is 3.20. The van der Waals surface area contributed by atoms with E-state index in [0.717, 1.165) is 0 Å². The maximum atomic E-state index is 12.7. The van der Waals surface area contributed by atoms with Crippen LogP contribution in [0.5, 0.6) is 11.5 Å². The van der Waals surface area contributed by atoms with E-state index in [2.05, 4.69) is 10.6 Å². The number of esters is 1. The van der Waals surface area contributed by atoms with Gasteiger partial charge in [-0.1, -0.05) is 24.9 Å². The van der Waals surface area contributed by atoms with E-state index < -0.39 is 23.9 Å². The fourth-order valence-electron chi connectivity index (χ4n) is 2.94. The van der Waals surface area contributed by atoms with Crippen molar-refractivity contribution in [3.63, 3.8) is 0 Å². The quantitative estimate of drug-likeness (QED) is 0.520. The SMILES string of the molecule is CCCC1=C(C(=O)OCC)[C@@H](c2cc(OC)c(OCC(N)=O)cc2Cl)NC(=O)N1. The summed E-state index contributed by atoms with van der Waals surface area (Å²) < 4.78 is 15.8. The summed E-state index contributed by atoms with van der Waals surface area (Å²) in [7, 11) is 1.41. The molecule has 29 heavy (non-hydrogen) atoms. The Balaban J connectivity index is 2.56. The van der Waals surface area contributed by atoms with Crippen LogP contribution < -0.4 is 25.8 Å². The average molecular weight is 426 g/mol. The van der Waals surface area contributed by atoms with E-state index in [-0.39, 0.29) is 35.3 Å². The molecule has 0 aliphatic carbocycles. The second-order valence-electron chi connectivity index (χ2n) is 6.17. The summed E-state index contributed by atoms with van der Waals surface area (Å²) in [6.45, 7) is 3.45. The molecule has 0 fully saturated rings. The first-order valence-electron chi connectivity index (χ1n) is 9.08. The summed E-state index contributed by atoms with van der Waals surface area (Å²) in [5, 5.41) is 5.59. The van der Waals surface area contributed by atoms with Crippen LogP contribution in [0.25, 0.3) is 0 Å². The summed E-state index contributed by atoms with van der Waals surface area (Å²) >= 11 is 6.43. The molecule has 0 radical (unpaired) electrons. The number of hydrogen-bond acceptors (Lipinski definition) is 6. The topological polar surface area (TPSA) is 129 Å². The highest BCUT2D eigenvalue weighted by Crippen LogP contribution is 2.40. The summed E-state index contributed by atoms with van der Waals surface area (Å²) in [4.78, 5) is 35.9. The third kappa shape index (κ3) is 5.32. The molecule has 4 N–H and O–H groups in total. The standard InChI is InChI=1S/C19H24ClN3O6/c1-4-6-12-16(18(25)28-5-2)17(23-19(26)22-12)10-7-13(27-3)14(8-11(10)20)29-9-15(21)24/h7-8,17H,4-6,9H2,1-3H3,(H2,21,24)(H2,22,23,26)/t17-/m1/s1. The molecule has 1 atom stereocenters. The largest absolute Gasteiger partial charge is 0.493 e. The zero-order chi connectivity index (χ0) is 21.6. The molecule has 2 rings (SSSR count). The van der Waals surface area contributed by atoms with E-state index in [1.54, 1.807) is 6.92 Å². The third-order valence-electron chi connectivity index (χ3n) is 4.11. The Hall–Kier alpha value is -2.94. The van der Waals surface area contributed by atoms with Crippen molar-refractivity contribution in [2.75, 3.05) is 20.3 Å². The molecule has 158 valence electrons. The molecule has 3 amide bonds. The molecule has 0 spiro atoms. The van der Waals surface area contributed by atoms with Gasteiger partial charge in [-0.05, 0) is 19.4 Å². The normalized spacial score (nSPS) is 16.0. The van der Waals surface area contributed by atoms with Gasteiger partial charge in [0.25, 0.3) is 5.91 Å². The predicted molar refractivity (Wildman–Crippen MR) is 106 cm³/mol. The maximum Gasteiger partial charge on any atom is 0.338 e. The Morgan fingerprint density at radius 1 is 1.24 bits per heavy atom. The number of urea groups is 1. The summed E-state index contributed by atoms with van der Waals surface area (Å²) in [5.41, 5.74) is 6.27. The minimum Gasteiger partial charge on any atom is -0.493 e. The van der Waals surface area contributed by atoms with Gasteiger partial charge in [0.05, 0.1) is 30.4 Å². The number of primary amides is 1. The molecule has 1 aliphatic heterocycles. The molecule has 0 aromatic heterocycles. The van der Waals surface area contributed by atoms with E-state index in [1.807, 2.05) is 6.92 Å². The average Bonchev–Trinajstić information content (AvgIpc) is 2.66. The molecular formula is C19H24ClN3O6. The third-order valence-corrected chi connectivity index (χ3v) is 4.44. The monoisotopic (exact) mass is 425 g/mol. The van der Waals surface area contributed by atoms with Crippen molar-refractivity contribution in [1.82, 2.24) is 10.6 Å². The number of carbonyl (C=O) groups is 3. The highest BCUT2D eigenvalue weighted by molar-refractivity contribution is 6.31. The molecule has 9 nitrogen and oxygen atoms in total. The van der Waals surface area contributed by atoms with Gasteiger partial charge >= 0.3 is 12.0 Å². The number of rotatable bonds is 9. The number of allylic oxidation sites excluding steroid dienone is 1. The van der Waals surface area contributed by atoms with Crippen LogP contribution in [0.2, 0.25) is 5.02 Å². The van der Waals surface area contributed by atoms with E-state index >= 15 is 0 Å². The number of nitrogens with one attached hydrogen (secondary N) is 2. The summed E-state index contributed by atoms with van der Waals surface area (Å²) in [5.74, 6) is -0.749. The van der Waals surface area contributed by atoms with E-state index in [0.29, 0.717) is 24.1 Å². The lowest BCUT2D eigenvalue weighted by atomic mass is 9.93. The van der Waals surface area contributed by atoms with Crippen LogP contribution in [0.15, 0.2) is 23.4 Å². The zero-order valence-corrected chi connectivity index (χ0v) is 17.2. The molecule has 1 heterocycles. The van der Waals surface area contributed by atoms with Gasteiger partial charge in [0.2, 0.25) is 0 Å². The van der Waals surface area contributed by atoms with Gasteiger partial charge in [-0.3, -0.25) is 4.79 Å². The van der Waals surface area contributed by atoms with Crippen LogP contribution >= 0.6 is 11.6 Å². The van der Waals surface area contributed by atoms with Crippen LogP contribution in [0.4, 0.5) is 4.79 Å². The molecule has 1 aromatic rings. The molecule has 10 heteroatoms. The Kier molecular flexibility index (Phi) is 7.72. The lowest BCUT2D eigenvalue weighted by Gasteiger charge is -2.30. The summed E-state index contributed by atoms with van der Waals surface area (Å²) in [6, 6.07) is 1.67. The first-order valence-corrected chi connectivity index (χ1v) is 9.46. The number of amides is 3. The molecule has 0 saturated carbocycles. The van der Waals surface area contributed by atoms with Crippen molar-refractivity contribution in [3.8, 4) is 11.5 Å². The minimum atomic E-state index is -0.851.